The molecule has 0 radical (unpaired) electrons. The van der Waals surface area contributed by atoms with E-state index < -0.39 is 11.7 Å². The summed E-state index contributed by atoms with van der Waals surface area (Å²) in [4.78, 5) is 6.68. The fraction of sp³-hybridized carbons (Fsp3) is 0.0426. The number of halogens is 3. The number of alkyl halides is 3. The largest absolute Gasteiger partial charge is 0.416 e. The number of hydrogen-bond acceptors (Lipinski definition) is 6. The first-order valence-electron chi connectivity index (χ1n) is 17.6. The molecule has 8 rings (SSSR count). The van der Waals surface area contributed by atoms with E-state index in [-0.39, 0.29) is 16.9 Å². The molecular weight excluding hydrogens is 720 g/mol. The van der Waals surface area contributed by atoms with Gasteiger partial charge < -0.3 is 9.47 Å². The van der Waals surface area contributed by atoms with Gasteiger partial charge in [0.25, 0.3) is 0 Å². The van der Waals surface area contributed by atoms with E-state index in [1.807, 2.05) is 36.4 Å². The van der Waals surface area contributed by atoms with Gasteiger partial charge >= 0.3 is 6.18 Å². The van der Waals surface area contributed by atoms with E-state index in [2.05, 4.69) is 24.3 Å². The summed E-state index contributed by atoms with van der Waals surface area (Å²) >= 11 is 0. The van der Waals surface area contributed by atoms with Gasteiger partial charge in [-0.3, -0.25) is 0 Å². The molecule has 0 spiro atoms. The van der Waals surface area contributed by atoms with Gasteiger partial charge in [-0.25, -0.2) is 4.98 Å². The minimum Gasteiger partial charge on any atom is -0.343 e. The first kappa shape index (κ1) is 35.8. The van der Waals surface area contributed by atoms with Crippen LogP contribution in [0.15, 0.2) is 140 Å². The lowest BCUT2D eigenvalue weighted by Crippen LogP contribution is -2.17. The molecule has 0 saturated carbocycles. The summed E-state index contributed by atoms with van der Waals surface area (Å²) in [6.45, 7) is 0. The second-order valence-electron chi connectivity index (χ2n) is 13.3. The van der Waals surface area contributed by atoms with Crippen molar-refractivity contribution in [3.05, 3.63) is 167 Å². The Bertz CT molecular complexity index is 2990. The van der Waals surface area contributed by atoms with Gasteiger partial charge in [0.2, 0.25) is 0 Å². The minimum absolute atomic E-state index is 0.103. The Hall–Kier alpha value is -8.18. The van der Waals surface area contributed by atoms with E-state index in [0.29, 0.717) is 72.3 Å². The van der Waals surface area contributed by atoms with Crippen LogP contribution in [0.5, 0.6) is 0 Å². The molecule has 2 aromatic heterocycles. The Morgan fingerprint density at radius 1 is 0.544 bits per heavy atom. The second-order valence-corrected chi connectivity index (χ2v) is 13.3. The number of nitriles is 4. The summed E-state index contributed by atoms with van der Waals surface area (Å²) in [5.74, 6) is 0. The van der Waals surface area contributed by atoms with Gasteiger partial charge in [-0.15, -0.1) is 0 Å². The van der Waals surface area contributed by atoms with Crippen molar-refractivity contribution in [1.82, 2.24) is 9.55 Å². The number of aromatic nitrogens is 2. The number of nitrogens with zero attached hydrogens (tertiary/aromatic N) is 7. The number of fused-ring (bicyclic) bond motifs is 3. The molecule has 2 heterocycles. The Kier molecular flexibility index (Phi) is 8.95. The number of anilines is 2. The lowest BCUT2D eigenvalue weighted by atomic mass is 9.97. The average molecular weight is 746 g/mol. The maximum absolute atomic E-state index is 15.3. The maximum atomic E-state index is 15.3. The molecule has 0 unspecified atom stereocenters. The van der Waals surface area contributed by atoms with Gasteiger partial charge in [0.1, 0.15) is 0 Å². The molecule has 0 aliphatic rings. The van der Waals surface area contributed by atoms with Crippen molar-refractivity contribution in [3.8, 4) is 63.6 Å². The van der Waals surface area contributed by atoms with Crippen LogP contribution < -0.4 is 4.90 Å². The zero-order valence-corrected chi connectivity index (χ0v) is 30.0. The minimum atomic E-state index is -4.82. The van der Waals surface area contributed by atoms with Crippen LogP contribution in [-0.2, 0) is 6.18 Å². The van der Waals surface area contributed by atoms with Crippen LogP contribution in [0.2, 0.25) is 0 Å². The molecule has 0 atom stereocenters. The topological polar surface area (TPSA) is 116 Å². The Labute approximate surface area is 325 Å². The molecule has 0 aliphatic heterocycles. The van der Waals surface area contributed by atoms with Crippen LogP contribution in [0.1, 0.15) is 27.8 Å². The zero-order chi connectivity index (χ0) is 39.8. The summed E-state index contributed by atoms with van der Waals surface area (Å²) in [6, 6.07) is 47.3. The van der Waals surface area contributed by atoms with E-state index in [0.717, 1.165) is 17.7 Å². The third-order valence-corrected chi connectivity index (χ3v) is 9.94. The molecule has 10 heteroatoms. The quantitative estimate of drug-likeness (QED) is 0.167. The summed E-state index contributed by atoms with van der Waals surface area (Å²) in [6.07, 6.45) is -4.82. The van der Waals surface area contributed by atoms with Crippen molar-refractivity contribution < 1.29 is 13.2 Å². The molecular formula is C47H26F3N7. The predicted molar refractivity (Wildman–Crippen MR) is 213 cm³/mol. The van der Waals surface area contributed by atoms with Crippen LogP contribution in [-0.4, -0.2) is 16.6 Å². The Morgan fingerprint density at radius 3 is 1.70 bits per heavy atom. The van der Waals surface area contributed by atoms with Crippen LogP contribution in [0, 0.1) is 45.3 Å². The van der Waals surface area contributed by atoms with Gasteiger partial charge in [-0.05, 0) is 78.4 Å². The number of hydrogen-bond donors (Lipinski definition) is 0. The van der Waals surface area contributed by atoms with Crippen LogP contribution in [0.25, 0.3) is 61.1 Å². The molecule has 0 saturated heterocycles. The van der Waals surface area contributed by atoms with Crippen molar-refractivity contribution >= 4 is 33.2 Å². The summed E-state index contributed by atoms with van der Waals surface area (Å²) < 4.78 is 47.5. The van der Waals surface area contributed by atoms with Crippen LogP contribution >= 0.6 is 0 Å². The Balaban J connectivity index is 1.53. The highest BCUT2D eigenvalue weighted by molar-refractivity contribution is 6.11. The molecule has 7 nitrogen and oxygen atoms in total. The van der Waals surface area contributed by atoms with Crippen molar-refractivity contribution in [2.45, 2.75) is 6.18 Å². The average Bonchev–Trinajstić information content (AvgIpc) is 3.58. The van der Waals surface area contributed by atoms with E-state index in [1.54, 1.807) is 108 Å². The van der Waals surface area contributed by atoms with Crippen molar-refractivity contribution in [2.24, 2.45) is 0 Å². The first-order valence-corrected chi connectivity index (χ1v) is 17.6. The standard InChI is InChI=1S/C47H26F3N7/c1-56(41-20-30(26-52)12-17-36(41)33-15-10-29(25-51)11-16-33)44-23-35(47(48,49)50)24-45(46(44)40-9-5-8-39(55-40)34-6-3-2-4-7-34)57-42-21-31(27-53)13-18-37(42)38-19-14-32(28-54)22-43(38)57/h2-24H,1H3. The van der Waals surface area contributed by atoms with E-state index in [1.165, 1.54) is 0 Å². The molecule has 0 bridgehead atoms. The summed E-state index contributed by atoms with van der Waals surface area (Å²) in [7, 11) is 1.64. The number of rotatable bonds is 6. The van der Waals surface area contributed by atoms with E-state index >= 15 is 13.2 Å². The van der Waals surface area contributed by atoms with Crippen LogP contribution in [0.3, 0.4) is 0 Å². The molecule has 0 N–H and O–H groups in total. The first-order chi connectivity index (χ1) is 27.6. The summed E-state index contributed by atoms with van der Waals surface area (Å²) in [5, 5.41) is 40.7. The normalized spacial score (nSPS) is 11.1. The molecule has 0 amide bonds. The highest BCUT2D eigenvalue weighted by Crippen LogP contribution is 2.47. The predicted octanol–water partition coefficient (Wildman–Crippen LogP) is 11.5. The highest BCUT2D eigenvalue weighted by atomic mass is 19.4. The van der Waals surface area contributed by atoms with Crippen LogP contribution in [0.4, 0.5) is 24.5 Å². The fourth-order valence-corrected chi connectivity index (χ4v) is 7.22. The van der Waals surface area contributed by atoms with E-state index in [9.17, 15) is 21.0 Å². The maximum Gasteiger partial charge on any atom is 0.416 e. The number of benzene rings is 6. The van der Waals surface area contributed by atoms with Gasteiger partial charge in [-0.2, -0.15) is 34.2 Å². The third-order valence-electron chi connectivity index (χ3n) is 9.94. The molecule has 0 aliphatic carbocycles. The lowest BCUT2D eigenvalue weighted by molar-refractivity contribution is -0.137. The molecule has 270 valence electrons. The molecule has 8 aromatic rings. The monoisotopic (exact) mass is 745 g/mol. The molecule has 6 aromatic carbocycles. The highest BCUT2D eigenvalue weighted by Gasteiger charge is 2.35. The lowest BCUT2D eigenvalue weighted by Gasteiger charge is -2.29. The van der Waals surface area contributed by atoms with Gasteiger partial charge in [0.05, 0.1) is 91.6 Å². The molecule has 0 fully saturated rings. The van der Waals surface area contributed by atoms with Gasteiger partial charge in [0.15, 0.2) is 0 Å². The van der Waals surface area contributed by atoms with E-state index in [4.69, 9.17) is 4.98 Å². The van der Waals surface area contributed by atoms with Crippen molar-refractivity contribution in [1.29, 1.82) is 21.0 Å². The number of pyridine rings is 1. The van der Waals surface area contributed by atoms with Crippen molar-refractivity contribution in [3.63, 3.8) is 0 Å². The third kappa shape index (κ3) is 6.44. The van der Waals surface area contributed by atoms with Crippen molar-refractivity contribution in [2.75, 3.05) is 11.9 Å². The fourth-order valence-electron chi connectivity index (χ4n) is 7.22. The summed E-state index contributed by atoms with van der Waals surface area (Å²) in [5.41, 5.74) is 5.22. The Morgan fingerprint density at radius 2 is 1.11 bits per heavy atom. The molecule has 57 heavy (non-hydrogen) atoms. The zero-order valence-electron chi connectivity index (χ0n) is 30.0. The SMILES string of the molecule is CN(c1cc(C#N)ccc1-c1ccc(C#N)cc1)c1cc(C(F)(F)F)cc(-n2c3cc(C#N)ccc3c3ccc(C#N)cc32)c1-c1cccc(-c2ccccc2)n1. The second kappa shape index (κ2) is 14.2. The smallest absolute Gasteiger partial charge is 0.343 e. The van der Waals surface area contributed by atoms with Gasteiger partial charge in [0, 0.05) is 34.5 Å². The van der Waals surface area contributed by atoms with Gasteiger partial charge in [-0.1, -0.05) is 66.7 Å².